The van der Waals surface area contributed by atoms with Crippen LogP contribution in [0.2, 0.25) is 0 Å². The van der Waals surface area contributed by atoms with Crippen molar-refractivity contribution in [2.24, 2.45) is 0 Å². The summed E-state index contributed by atoms with van der Waals surface area (Å²) in [6.07, 6.45) is 8.49. The molecular formula is C29H24O. The monoisotopic (exact) mass is 388 g/mol. The average molecular weight is 389 g/mol. The van der Waals surface area contributed by atoms with Gasteiger partial charge in [0, 0.05) is 10.9 Å². The van der Waals surface area contributed by atoms with E-state index in [0.717, 1.165) is 28.7 Å². The number of aryl methyl sites for hydroxylation is 2. The van der Waals surface area contributed by atoms with Crippen LogP contribution in [0.15, 0.2) is 72.7 Å². The lowest BCUT2D eigenvalue weighted by atomic mass is 9.86. The summed E-state index contributed by atoms with van der Waals surface area (Å²) in [5.41, 5.74) is 9.53. The summed E-state index contributed by atoms with van der Waals surface area (Å²) < 4.78 is 6.07. The van der Waals surface area contributed by atoms with Gasteiger partial charge >= 0.3 is 0 Å². The van der Waals surface area contributed by atoms with Crippen molar-refractivity contribution < 1.29 is 4.42 Å². The first kappa shape index (κ1) is 18.4. The van der Waals surface area contributed by atoms with E-state index < -0.39 is 0 Å². The van der Waals surface area contributed by atoms with Gasteiger partial charge in [0.2, 0.25) is 0 Å². The third kappa shape index (κ3) is 2.18. The van der Waals surface area contributed by atoms with E-state index in [1.54, 1.807) is 6.08 Å². The van der Waals surface area contributed by atoms with Crippen molar-refractivity contribution in [2.75, 3.05) is 0 Å². The largest absolute Gasteiger partial charge is 0.456 e. The van der Waals surface area contributed by atoms with E-state index in [-0.39, 0.29) is 0 Å². The van der Waals surface area contributed by atoms with E-state index in [1.807, 2.05) is 18.2 Å². The van der Waals surface area contributed by atoms with Gasteiger partial charge in [-0.3, -0.25) is 0 Å². The second-order valence-electron chi connectivity index (χ2n) is 7.95. The predicted molar refractivity (Wildman–Crippen MR) is 132 cm³/mol. The standard InChI is InChI=1S/C29H24O/c1-7-18-15-19-11-12-22-17(6)27-23(16(5)26(22)28(19)20(18)8-2)13-14-25-29(27)21(9-3)24(10-4)30-25/h7-14H,1-4,15H2,5-6H3. The number of hydrogen-bond acceptors (Lipinski definition) is 1. The summed E-state index contributed by atoms with van der Waals surface area (Å²) in [4.78, 5) is 0. The van der Waals surface area contributed by atoms with Gasteiger partial charge in [0.05, 0.1) is 0 Å². The molecule has 0 atom stereocenters. The zero-order valence-corrected chi connectivity index (χ0v) is 17.6. The molecule has 0 fully saturated rings. The lowest BCUT2D eigenvalue weighted by Crippen LogP contribution is -1.94. The zero-order chi connectivity index (χ0) is 21.2. The highest BCUT2D eigenvalue weighted by Gasteiger charge is 2.24. The van der Waals surface area contributed by atoms with Gasteiger partial charge in [-0.05, 0) is 87.4 Å². The fourth-order valence-corrected chi connectivity index (χ4v) is 5.24. The van der Waals surface area contributed by atoms with Gasteiger partial charge in [-0.2, -0.15) is 0 Å². The van der Waals surface area contributed by atoms with Crippen LogP contribution in [-0.4, -0.2) is 0 Å². The topological polar surface area (TPSA) is 13.1 Å². The molecule has 0 unspecified atom stereocenters. The fraction of sp³-hybridized carbons (Fsp3) is 0.103. The normalized spacial score (nSPS) is 13.3. The van der Waals surface area contributed by atoms with Crippen molar-refractivity contribution in [3.05, 3.63) is 102 Å². The molecule has 5 rings (SSSR count). The highest BCUT2D eigenvalue weighted by atomic mass is 16.3. The SMILES string of the molecule is C=CC1=C(C=C)c2c(ccc3c(C)c4c(ccc5oc(C=C)c(C=C)c54)c(C)c23)C1. The Morgan fingerprint density at radius 1 is 0.767 bits per heavy atom. The zero-order valence-electron chi connectivity index (χ0n) is 17.6. The van der Waals surface area contributed by atoms with E-state index in [2.05, 4.69) is 64.4 Å². The van der Waals surface area contributed by atoms with Crippen LogP contribution in [0.5, 0.6) is 0 Å². The van der Waals surface area contributed by atoms with Crippen LogP contribution in [0.25, 0.3) is 50.2 Å². The molecule has 1 heterocycles. The molecule has 4 aromatic rings. The summed E-state index contributed by atoms with van der Waals surface area (Å²) in [6.45, 7) is 20.5. The maximum absolute atomic E-state index is 6.07. The van der Waals surface area contributed by atoms with Crippen LogP contribution in [0.3, 0.4) is 0 Å². The van der Waals surface area contributed by atoms with Gasteiger partial charge in [0.15, 0.2) is 0 Å². The molecule has 1 aromatic heterocycles. The van der Waals surface area contributed by atoms with Crippen LogP contribution in [0.4, 0.5) is 0 Å². The number of allylic oxidation sites excluding steroid dienone is 4. The van der Waals surface area contributed by atoms with Gasteiger partial charge in [-0.15, -0.1) is 0 Å². The lowest BCUT2D eigenvalue weighted by Gasteiger charge is -2.17. The number of benzene rings is 3. The number of fused-ring (bicyclic) bond motifs is 6. The minimum Gasteiger partial charge on any atom is -0.456 e. The van der Waals surface area contributed by atoms with Crippen molar-refractivity contribution in [3.63, 3.8) is 0 Å². The third-order valence-electron chi connectivity index (χ3n) is 6.61. The smallest absolute Gasteiger partial charge is 0.136 e. The van der Waals surface area contributed by atoms with Crippen LogP contribution in [-0.2, 0) is 6.42 Å². The van der Waals surface area contributed by atoms with Gasteiger partial charge in [-0.25, -0.2) is 0 Å². The van der Waals surface area contributed by atoms with Crippen LogP contribution >= 0.6 is 0 Å². The first-order valence-corrected chi connectivity index (χ1v) is 10.2. The second-order valence-corrected chi connectivity index (χ2v) is 7.95. The van der Waals surface area contributed by atoms with Crippen LogP contribution in [0.1, 0.15) is 33.6 Å². The van der Waals surface area contributed by atoms with E-state index >= 15 is 0 Å². The Kier molecular flexibility index (Phi) is 3.98. The molecule has 146 valence electrons. The highest BCUT2D eigenvalue weighted by Crippen LogP contribution is 2.45. The molecule has 1 aliphatic rings. The Balaban J connectivity index is 2.04. The summed E-state index contributed by atoms with van der Waals surface area (Å²) >= 11 is 0. The molecule has 0 bridgehead atoms. The first-order valence-electron chi connectivity index (χ1n) is 10.2. The number of rotatable bonds is 4. The number of furan rings is 1. The summed E-state index contributed by atoms with van der Waals surface area (Å²) in [5, 5.41) is 6.18. The lowest BCUT2D eigenvalue weighted by molar-refractivity contribution is 0.604. The Morgan fingerprint density at radius 3 is 2.13 bits per heavy atom. The molecular weight excluding hydrogens is 364 g/mol. The number of hydrogen-bond donors (Lipinski definition) is 0. The van der Waals surface area contributed by atoms with E-state index in [4.69, 9.17) is 4.42 Å². The summed E-state index contributed by atoms with van der Waals surface area (Å²) in [6, 6.07) is 8.78. The molecule has 0 saturated carbocycles. The minimum atomic E-state index is 0.770. The summed E-state index contributed by atoms with van der Waals surface area (Å²) in [5.74, 6) is 0.770. The maximum Gasteiger partial charge on any atom is 0.136 e. The molecule has 30 heavy (non-hydrogen) atoms. The van der Waals surface area contributed by atoms with Gasteiger partial charge in [-0.1, -0.05) is 62.7 Å². The van der Waals surface area contributed by atoms with Crippen molar-refractivity contribution in [1.29, 1.82) is 0 Å². The molecule has 1 aliphatic carbocycles. The average Bonchev–Trinajstić information content (AvgIpc) is 3.33. The molecule has 0 radical (unpaired) electrons. The Bertz CT molecular complexity index is 1480. The van der Waals surface area contributed by atoms with Crippen molar-refractivity contribution in [3.8, 4) is 0 Å². The first-order chi connectivity index (χ1) is 14.5. The molecule has 1 heteroatoms. The molecule has 0 amide bonds. The Morgan fingerprint density at radius 2 is 1.47 bits per heavy atom. The third-order valence-corrected chi connectivity index (χ3v) is 6.61. The van der Waals surface area contributed by atoms with E-state index in [0.29, 0.717) is 0 Å². The molecule has 0 spiro atoms. The Hall–Kier alpha value is -3.58. The van der Waals surface area contributed by atoms with Crippen molar-refractivity contribution >= 4 is 50.2 Å². The quantitative estimate of drug-likeness (QED) is 0.320. The van der Waals surface area contributed by atoms with E-state index in [1.165, 1.54) is 54.9 Å². The molecule has 1 nitrogen and oxygen atoms in total. The summed E-state index contributed by atoms with van der Waals surface area (Å²) in [7, 11) is 0. The molecule has 3 aromatic carbocycles. The molecule has 0 aliphatic heterocycles. The van der Waals surface area contributed by atoms with E-state index in [9.17, 15) is 0 Å². The van der Waals surface area contributed by atoms with Gasteiger partial charge in [0.25, 0.3) is 0 Å². The van der Waals surface area contributed by atoms with Gasteiger partial charge < -0.3 is 4.42 Å². The Labute approximate surface area is 177 Å². The van der Waals surface area contributed by atoms with Crippen LogP contribution in [0, 0.1) is 13.8 Å². The van der Waals surface area contributed by atoms with Crippen molar-refractivity contribution in [2.45, 2.75) is 20.3 Å². The molecule has 0 saturated heterocycles. The highest BCUT2D eigenvalue weighted by molar-refractivity contribution is 6.20. The van der Waals surface area contributed by atoms with Crippen LogP contribution < -0.4 is 0 Å². The molecule has 0 N–H and O–H groups in total. The van der Waals surface area contributed by atoms with Crippen molar-refractivity contribution in [1.82, 2.24) is 0 Å². The maximum atomic E-state index is 6.07. The van der Waals surface area contributed by atoms with Gasteiger partial charge in [0.1, 0.15) is 11.3 Å². The fourth-order valence-electron chi connectivity index (χ4n) is 5.24. The minimum absolute atomic E-state index is 0.770. The predicted octanol–water partition coefficient (Wildman–Crippen LogP) is 8.32. The second kappa shape index (κ2) is 6.47.